The third-order valence-corrected chi connectivity index (χ3v) is 9.68. The van der Waals surface area contributed by atoms with Crippen LogP contribution in [0.4, 0.5) is 11.4 Å². The number of benzene rings is 3. The summed E-state index contributed by atoms with van der Waals surface area (Å²) in [5.41, 5.74) is 14.7. The highest BCUT2D eigenvalue weighted by molar-refractivity contribution is 8.03. The molecule has 264 valence electrons. The highest BCUT2D eigenvalue weighted by Crippen LogP contribution is 2.46. The molecule has 0 atom stereocenters. The Bertz CT molecular complexity index is 1910. The Morgan fingerprint density at radius 1 is 0.900 bits per heavy atom. The maximum atomic E-state index is 14.2. The summed E-state index contributed by atoms with van der Waals surface area (Å²) in [7, 11) is 0. The van der Waals surface area contributed by atoms with E-state index in [1.54, 1.807) is 11.8 Å². The highest BCUT2D eigenvalue weighted by Gasteiger charge is 2.38. The molecule has 0 amide bonds. The minimum absolute atomic E-state index is 0.0329. The van der Waals surface area contributed by atoms with Gasteiger partial charge in [-0.15, -0.1) is 11.8 Å². The number of carbonyl (C=O) groups is 1. The van der Waals surface area contributed by atoms with Gasteiger partial charge in [-0.25, -0.2) is 0 Å². The number of rotatable bonds is 16. The maximum Gasteiger partial charge on any atom is 0.375 e. The van der Waals surface area contributed by atoms with Crippen LogP contribution in [-0.4, -0.2) is 80.0 Å². The summed E-state index contributed by atoms with van der Waals surface area (Å²) in [5, 5.41) is 18.4. The van der Waals surface area contributed by atoms with Gasteiger partial charge in [-0.2, -0.15) is 4.57 Å². The van der Waals surface area contributed by atoms with E-state index in [1.165, 1.54) is 0 Å². The van der Waals surface area contributed by atoms with Crippen LogP contribution in [0.1, 0.15) is 30.9 Å². The minimum atomic E-state index is -0.0474. The summed E-state index contributed by atoms with van der Waals surface area (Å²) in [4.78, 5) is 19.5. The Hall–Kier alpha value is -4.23. The number of aliphatic hydroxyl groups excluding tert-OH is 2. The van der Waals surface area contributed by atoms with Crippen LogP contribution in [0.15, 0.2) is 99.1 Å². The van der Waals surface area contributed by atoms with Gasteiger partial charge in [0.05, 0.1) is 57.1 Å². The fourth-order valence-electron chi connectivity index (χ4n) is 6.24. The average Bonchev–Trinajstić information content (AvgIpc) is 3.63. The largest absolute Gasteiger partial charge is 0.412 e. The van der Waals surface area contributed by atoms with Crippen LogP contribution < -0.4 is 14.4 Å². The lowest BCUT2D eigenvalue weighted by Gasteiger charge is -2.28. The molecule has 2 aliphatic rings. The second kappa shape index (κ2) is 17.1. The monoisotopic (exact) mass is 702 g/mol. The first kappa shape index (κ1) is 35.6. The zero-order valence-electron chi connectivity index (χ0n) is 29.8. The third kappa shape index (κ3) is 7.88. The van der Waals surface area contributed by atoms with E-state index in [4.69, 9.17) is 20.8 Å². The van der Waals surface area contributed by atoms with E-state index in [2.05, 4.69) is 70.7 Å². The van der Waals surface area contributed by atoms with Crippen LogP contribution in [0.3, 0.4) is 0 Å². The summed E-state index contributed by atoms with van der Waals surface area (Å²) in [6.07, 6.45) is 3.88. The molecular formula is C39H46N3O7S+. The molecule has 0 bridgehead atoms. The number of nitrogens with zero attached hydrogens (tertiary/aromatic N) is 3. The molecule has 50 heavy (non-hydrogen) atoms. The van der Waals surface area contributed by atoms with E-state index < -0.39 is 0 Å². The van der Waals surface area contributed by atoms with Gasteiger partial charge in [0, 0.05) is 46.5 Å². The standard InChI is InChI=1S/C39H44N3O6S.H2O/c1-4-40-34-22-27(2)10-12-32(34)41(14-17-46-18-15-43)36(40)24-30-38(45)31(39(30)49-21-20-47-19-16-44)25-37-42(26-29-8-6-5-7-9-29)33-13-11-28(3)23-35(33)48-37;/h5-13,22-25,43-44H,4,14-21,26H2,1-3H3;1H2/q+1;/i/hT. The predicted octanol–water partition coefficient (Wildman–Crippen LogP) is 4.72. The molecule has 3 aromatic carbocycles. The number of fused-ring (bicyclic) bond motifs is 2. The molecule has 10 nitrogen and oxygen atoms in total. The average molecular weight is 703 g/mol. The molecule has 0 fully saturated rings. The van der Waals surface area contributed by atoms with Crippen LogP contribution in [-0.2, 0) is 20.8 Å². The first-order valence-electron chi connectivity index (χ1n) is 17.2. The van der Waals surface area contributed by atoms with Crippen LogP contribution in [0, 0.1) is 13.8 Å². The first-order chi connectivity index (χ1) is 24.9. The Morgan fingerprint density at radius 3 is 2.36 bits per heavy atom. The lowest BCUT2D eigenvalue weighted by Crippen LogP contribution is -2.36. The van der Waals surface area contributed by atoms with Crippen molar-refractivity contribution >= 4 is 46.1 Å². The Labute approximate surface area is 298 Å². The van der Waals surface area contributed by atoms with E-state index in [1.807, 2.05) is 43.3 Å². The lowest BCUT2D eigenvalue weighted by molar-refractivity contribution is -0.669. The SMILES string of the molecule is CCN1C(=CC2=C(SCCOCCO)C(=Cc3oc4cc(C)ccc4[n+]3Cc3ccccc3)C2=O)N(CCOCCO)c2ccc(C)cc21.[3H]O. The third-order valence-electron chi connectivity index (χ3n) is 8.58. The zero-order chi connectivity index (χ0) is 36.3. The van der Waals surface area contributed by atoms with Gasteiger partial charge < -0.3 is 39.4 Å². The zero-order valence-corrected chi connectivity index (χ0v) is 29.6. The van der Waals surface area contributed by atoms with Crippen molar-refractivity contribution in [3.8, 4) is 0 Å². The van der Waals surface area contributed by atoms with E-state index in [-0.39, 0.29) is 32.2 Å². The number of allylic oxidation sites excluding steroid dienone is 3. The van der Waals surface area contributed by atoms with Crippen molar-refractivity contribution in [2.75, 3.05) is 68.3 Å². The summed E-state index contributed by atoms with van der Waals surface area (Å²) in [5.74, 6) is 2.08. The number of anilines is 2. The van der Waals surface area contributed by atoms with Crippen molar-refractivity contribution in [3.63, 3.8) is 0 Å². The van der Waals surface area contributed by atoms with Gasteiger partial charge in [-0.1, -0.05) is 42.5 Å². The van der Waals surface area contributed by atoms with Crippen LogP contribution in [0.25, 0.3) is 17.2 Å². The molecule has 6 rings (SSSR count). The summed E-state index contributed by atoms with van der Waals surface area (Å²) >= 11 is 1.58. The van der Waals surface area contributed by atoms with Crippen LogP contribution >= 0.6 is 11.8 Å². The second-order valence-electron chi connectivity index (χ2n) is 12.0. The van der Waals surface area contributed by atoms with E-state index in [0.717, 1.165) is 56.4 Å². The van der Waals surface area contributed by atoms with E-state index in [0.29, 0.717) is 49.1 Å². The van der Waals surface area contributed by atoms with Crippen LogP contribution in [0.5, 0.6) is 0 Å². The summed E-state index contributed by atoms with van der Waals surface area (Å²) in [6, 6.07) is 22.8. The van der Waals surface area contributed by atoms with E-state index >= 15 is 0 Å². The van der Waals surface area contributed by atoms with Gasteiger partial charge >= 0.3 is 5.89 Å². The smallest absolute Gasteiger partial charge is 0.375 e. The number of ketones is 1. The number of carbonyl (C=O) groups excluding carboxylic acids is 1. The number of hydrogen-bond donors (Lipinski definition) is 2. The van der Waals surface area contributed by atoms with Gasteiger partial charge in [-0.3, -0.25) is 4.79 Å². The Morgan fingerprint density at radius 2 is 1.62 bits per heavy atom. The number of aliphatic hydroxyl groups is 2. The molecule has 11 heteroatoms. The number of ether oxygens (including phenoxy) is 2. The normalized spacial score (nSPS) is 15.9. The second-order valence-corrected chi connectivity index (χ2v) is 13.1. The number of aromatic nitrogens is 1. The van der Waals surface area contributed by atoms with E-state index in [9.17, 15) is 15.0 Å². The van der Waals surface area contributed by atoms with Crippen molar-refractivity contribution in [3.05, 3.63) is 117 Å². The molecule has 4 aromatic rings. The Balaban J connectivity index is 0.00000248. The van der Waals surface area contributed by atoms with Gasteiger partial charge in [-0.05, 0) is 56.2 Å². The molecule has 0 radical (unpaired) electrons. The molecule has 2 heterocycles. The van der Waals surface area contributed by atoms with Crippen molar-refractivity contribution in [2.24, 2.45) is 0 Å². The number of oxazole rings is 1. The summed E-state index contributed by atoms with van der Waals surface area (Å²) < 4.78 is 24.6. The molecule has 1 aromatic heterocycles. The maximum absolute atomic E-state index is 14.2. The lowest BCUT2D eigenvalue weighted by atomic mass is 9.89. The molecule has 0 unspecified atom stereocenters. The van der Waals surface area contributed by atoms with Gasteiger partial charge in [0.2, 0.25) is 7.01 Å². The topological polar surface area (TPSA) is 131 Å². The number of hydrogen-bond acceptors (Lipinski definition) is 9. The van der Waals surface area contributed by atoms with Gasteiger partial charge in [0.25, 0.3) is 5.52 Å². The van der Waals surface area contributed by atoms with Crippen molar-refractivity contribution < 1.29 is 40.4 Å². The summed E-state index contributed by atoms with van der Waals surface area (Å²) in [6.45, 7) is 9.45. The van der Waals surface area contributed by atoms with Crippen molar-refractivity contribution in [2.45, 2.75) is 27.3 Å². The fraction of sp³-hybridized carbons (Fsp3) is 0.333. The predicted molar refractivity (Wildman–Crippen MR) is 198 cm³/mol. The molecule has 1 aliphatic heterocycles. The van der Waals surface area contributed by atoms with Crippen molar-refractivity contribution in [1.82, 2.24) is 0 Å². The molecule has 0 spiro atoms. The fourth-order valence-corrected chi connectivity index (χ4v) is 7.26. The quantitative estimate of drug-likeness (QED) is 0.0968. The molecule has 4 N–H and O–H groups in total. The van der Waals surface area contributed by atoms with Gasteiger partial charge in [0.1, 0.15) is 5.82 Å². The highest BCUT2D eigenvalue weighted by atomic mass is 32.2. The molecule has 0 saturated heterocycles. The number of aryl methyl sites for hydroxylation is 2. The molecular weight excluding hydrogens is 655 g/mol. The number of Topliss-reactive ketones (excluding diaryl/α,β-unsaturated/α-hetero) is 1. The van der Waals surface area contributed by atoms with Gasteiger partial charge in [0.15, 0.2) is 12.3 Å². The van der Waals surface area contributed by atoms with Crippen LogP contribution in [0.2, 0.25) is 0 Å². The Kier molecular flexibility index (Phi) is 12.2. The first-order valence-corrected chi connectivity index (χ1v) is 17.8. The molecule has 1 aliphatic carbocycles. The molecule has 0 saturated carbocycles. The van der Waals surface area contributed by atoms with Crippen molar-refractivity contribution in [1.29, 1.82) is 0 Å². The number of thioether (sulfide) groups is 1. The minimum Gasteiger partial charge on any atom is -0.412 e.